The summed E-state index contributed by atoms with van der Waals surface area (Å²) in [4.78, 5) is 22.3. The van der Waals surface area contributed by atoms with Crippen LogP contribution in [0.2, 0.25) is 0 Å². The lowest BCUT2D eigenvalue weighted by molar-refractivity contribution is -0.136. The van der Waals surface area contributed by atoms with Gasteiger partial charge >= 0.3 is 12.1 Å². The molecule has 0 fully saturated rings. The molecule has 1 amide bonds. The molecule has 98 valence electrons. The summed E-state index contributed by atoms with van der Waals surface area (Å²) >= 11 is 0. The van der Waals surface area contributed by atoms with Crippen LogP contribution in [-0.2, 0) is 15.9 Å². The number of hydrogen-bond acceptors (Lipinski definition) is 3. The quantitative estimate of drug-likeness (QED) is 0.868. The number of rotatable bonds is 3. The number of ether oxygens (including phenoxy) is 1. The van der Waals surface area contributed by atoms with Crippen LogP contribution in [0.4, 0.5) is 10.5 Å². The molecule has 0 aliphatic carbocycles. The second-order valence-corrected chi connectivity index (χ2v) is 4.63. The predicted octanol–water partition coefficient (Wildman–Crippen LogP) is 2.66. The van der Waals surface area contributed by atoms with Crippen molar-refractivity contribution in [1.29, 1.82) is 0 Å². The van der Waals surface area contributed by atoms with Crippen LogP contribution < -0.4 is 5.32 Å². The summed E-state index contributed by atoms with van der Waals surface area (Å²) < 4.78 is 19.9. The van der Waals surface area contributed by atoms with Crippen LogP contribution in [0, 0.1) is 0 Å². The molecule has 0 aromatic heterocycles. The van der Waals surface area contributed by atoms with Crippen LogP contribution in [0.1, 0.15) is 29.1 Å². The molecule has 0 aliphatic heterocycles. The van der Waals surface area contributed by atoms with E-state index >= 15 is 0 Å². The van der Waals surface area contributed by atoms with Crippen molar-refractivity contribution in [1.82, 2.24) is 0 Å². The van der Waals surface area contributed by atoms with Crippen LogP contribution in [-0.4, -0.2) is 22.8 Å². The van der Waals surface area contributed by atoms with Crippen molar-refractivity contribution >= 4 is 17.7 Å². The standard InChI is InChI=1S/C13H17NO4/c1-13(2,3)18-12(17)14-10-6-4-9(5-7-10)8-11(15)16/h4-7H,8H2,1-3H3,(H,14,17)(H,15,16)/i8D2. The van der Waals surface area contributed by atoms with Crippen LogP contribution in [0.25, 0.3) is 0 Å². The Morgan fingerprint density at radius 2 is 1.89 bits per heavy atom. The first-order valence-corrected chi connectivity index (χ1v) is 5.36. The monoisotopic (exact) mass is 253 g/mol. The summed E-state index contributed by atoms with van der Waals surface area (Å²) in [5.41, 5.74) is -0.228. The lowest BCUT2D eigenvalue weighted by Gasteiger charge is -2.19. The summed E-state index contributed by atoms with van der Waals surface area (Å²) in [6, 6.07) is 5.45. The molecule has 5 heteroatoms. The maximum Gasteiger partial charge on any atom is 0.412 e. The van der Waals surface area contributed by atoms with Gasteiger partial charge in [-0.05, 0) is 38.5 Å². The number of aliphatic carboxylic acids is 1. The van der Waals surface area contributed by atoms with Gasteiger partial charge in [-0.2, -0.15) is 0 Å². The first kappa shape index (κ1) is 11.1. The van der Waals surface area contributed by atoms with E-state index in [-0.39, 0.29) is 5.56 Å². The Bertz CT molecular complexity index is 506. The summed E-state index contributed by atoms with van der Waals surface area (Å²) in [6.45, 7) is 5.20. The molecule has 1 rings (SSSR count). The average Bonchev–Trinajstić information content (AvgIpc) is 2.26. The van der Waals surface area contributed by atoms with Gasteiger partial charge in [0.2, 0.25) is 0 Å². The Kier molecular flexibility index (Phi) is 3.40. The minimum absolute atomic E-state index is 0.000242. The van der Waals surface area contributed by atoms with Crippen LogP contribution in [0.3, 0.4) is 0 Å². The number of amides is 1. The number of carboxylic acid groups (broad SMARTS) is 1. The van der Waals surface area contributed by atoms with Crippen LogP contribution >= 0.6 is 0 Å². The van der Waals surface area contributed by atoms with E-state index < -0.39 is 24.0 Å². The highest BCUT2D eigenvalue weighted by atomic mass is 16.6. The van der Waals surface area contributed by atoms with Gasteiger partial charge in [-0.1, -0.05) is 12.1 Å². The molecule has 0 aliphatic rings. The minimum Gasteiger partial charge on any atom is -0.481 e. The second kappa shape index (κ2) is 5.53. The Morgan fingerprint density at radius 1 is 1.33 bits per heavy atom. The Balaban J connectivity index is 2.78. The smallest absolute Gasteiger partial charge is 0.412 e. The number of carboxylic acids is 1. The normalized spacial score (nSPS) is 13.3. The van der Waals surface area contributed by atoms with Crippen molar-refractivity contribution in [3.8, 4) is 0 Å². The molecule has 18 heavy (non-hydrogen) atoms. The predicted molar refractivity (Wildman–Crippen MR) is 67.6 cm³/mol. The highest BCUT2D eigenvalue weighted by molar-refractivity contribution is 5.84. The zero-order valence-corrected chi connectivity index (χ0v) is 10.5. The summed E-state index contributed by atoms with van der Waals surface area (Å²) in [5, 5.41) is 11.2. The van der Waals surface area contributed by atoms with Crippen LogP contribution in [0.15, 0.2) is 24.3 Å². The molecule has 2 N–H and O–H groups in total. The Labute approximate surface area is 109 Å². The summed E-state index contributed by atoms with van der Waals surface area (Å²) in [5.74, 6) is -1.56. The topological polar surface area (TPSA) is 75.6 Å². The molecule has 0 spiro atoms. The SMILES string of the molecule is [2H]C([2H])(C(=O)O)c1ccc(NC(=O)OC(C)(C)C)cc1. The summed E-state index contributed by atoms with van der Waals surface area (Å²) in [6.07, 6.45) is -3.10. The highest BCUT2D eigenvalue weighted by Crippen LogP contribution is 2.13. The molecule has 5 nitrogen and oxygen atoms in total. The molecule has 0 bridgehead atoms. The fraction of sp³-hybridized carbons (Fsp3) is 0.385. The van der Waals surface area contributed by atoms with Crippen molar-refractivity contribution < 1.29 is 22.2 Å². The molecule has 0 saturated heterocycles. The summed E-state index contributed by atoms with van der Waals surface area (Å²) in [7, 11) is 0. The number of nitrogens with one attached hydrogen (secondary N) is 1. The Morgan fingerprint density at radius 3 is 2.33 bits per heavy atom. The first-order valence-electron chi connectivity index (χ1n) is 6.36. The van der Waals surface area contributed by atoms with Gasteiger partial charge < -0.3 is 9.84 Å². The Hall–Kier alpha value is -2.04. The fourth-order valence-electron chi connectivity index (χ4n) is 1.18. The van der Waals surface area contributed by atoms with E-state index in [1.54, 1.807) is 20.8 Å². The van der Waals surface area contributed by atoms with Gasteiger partial charge in [0, 0.05) is 8.43 Å². The van der Waals surface area contributed by atoms with E-state index in [0.717, 1.165) is 0 Å². The van der Waals surface area contributed by atoms with E-state index in [2.05, 4.69) is 5.32 Å². The maximum atomic E-state index is 11.5. The number of hydrogen-bond donors (Lipinski definition) is 2. The molecule has 0 heterocycles. The van der Waals surface area contributed by atoms with E-state index in [1.165, 1.54) is 24.3 Å². The molecule has 0 radical (unpaired) electrons. The van der Waals surface area contributed by atoms with E-state index in [1.807, 2.05) is 0 Å². The highest BCUT2D eigenvalue weighted by Gasteiger charge is 2.16. The third kappa shape index (κ3) is 5.34. The molecule has 0 atom stereocenters. The minimum atomic E-state index is -2.47. The molecule has 0 unspecified atom stereocenters. The van der Waals surface area contributed by atoms with E-state index in [0.29, 0.717) is 5.69 Å². The van der Waals surface area contributed by atoms with Gasteiger partial charge in [0.15, 0.2) is 0 Å². The molecule has 1 aromatic rings. The largest absolute Gasteiger partial charge is 0.481 e. The van der Waals surface area contributed by atoms with Crippen molar-refractivity contribution in [3.05, 3.63) is 29.8 Å². The van der Waals surface area contributed by atoms with E-state index in [4.69, 9.17) is 12.6 Å². The van der Waals surface area contributed by atoms with Gasteiger partial charge in [-0.25, -0.2) is 4.79 Å². The van der Waals surface area contributed by atoms with Gasteiger partial charge in [0.05, 0.1) is 6.37 Å². The van der Waals surface area contributed by atoms with Gasteiger partial charge in [0.25, 0.3) is 0 Å². The molecule has 1 aromatic carbocycles. The third-order valence-corrected chi connectivity index (χ3v) is 1.78. The van der Waals surface area contributed by atoms with Crippen LogP contribution in [0.5, 0.6) is 0 Å². The lowest BCUT2D eigenvalue weighted by atomic mass is 10.1. The van der Waals surface area contributed by atoms with Crippen molar-refractivity contribution in [2.75, 3.05) is 5.32 Å². The second-order valence-electron chi connectivity index (χ2n) is 4.63. The number of carbonyl (C=O) groups excluding carboxylic acids is 1. The van der Waals surface area contributed by atoms with Crippen molar-refractivity contribution in [2.24, 2.45) is 0 Å². The number of anilines is 1. The average molecular weight is 253 g/mol. The number of carbonyl (C=O) groups is 2. The first-order chi connectivity index (χ1) is 9.02. The van der Waals surface area contributed by atoms with Gasteiger partial charge in [-0.3, -0.25) is 10.1 Å². The number of benzene rings is 1. The zero-order chi connectivity index (χ0) is 15.6. The fourth-order valence-corrected chi connectivity index (χ4v) is 1.18. The molecular formula is C13H17NO4. The zero-order valence-electron chi connectivity index (χ0n) is 12.5. The van der Waals surface area contributed by atoms with Gasteiger partial charge in [0.1, 0.15) is 5.60 Å². The lowest BCUT2D eigenvalue weighted by Crippen LogP contribution is -2.27. The third-order valence-electron chi connectivity index (χ3n) is 1.78. The van der Waals surface area contributed by atoms with Crippen molar-refractivity contribution in [2.45, 2.75) is 32.7 Å². The van der Waals surface area contributed by atoms with E-state index in [9.17, 15) is 9.59 Å². The van der Waals surface area contributed by atoms with Gasteiger partial charge in [-0.15, -0.1) is 0 Å². The molecule has 0 saturated carbocycles. The molecular weight excluding hydrogens is 234 g/mol. The maximum absolute atomic E-state index is 11.5. The van der Waals surface area contributed by atoms with Crippen molar-refractivity contribution in [3.63, 3.8) is 0 Å².